The molecule has 0 bridgehead atoms. The molecular weight excluding hydrogens is 291 g/mol. The van der Waals surface area contributed by atoms with E-state index in [1.165, 1.54) is 0 Å². The molecule has 7 heteroatoms. The minimum absolute atomic E-state index is 0.107. The summed E-state index contributed by atoms with van der Waals surface area (Å²) in [5, 5.41) is 13.9. The number of aliphatic hydroxyl groups excluding tert-OH is 1. The van der Waals surface area contributed by atoms with Gasteiger partial charge in [0.15, 0.2) is 0 Å². The molecule has 1 aromatic carbocycles. The van der Waals surface area contributed by atoms with Crippen LogP contribution in [0.4, 0.5) is 0 Å². The number of rotatable bonds is 8. The van der Waals surface area contributed by atoms with Crippen LogP contribution in [0.3, 0.4) is 0 Å². The number of nitrogens with one attached hydrogen (secondary N) is 1. The minimum Gasteiger partial charge on any atom is -0.387 e. The van der Waals surface area contributed by atoms with Gasteiger partial charge in [0.2, 0.25) is 5.91 Å². The van der Waals surface area contributed by atoms with E-state index in [2.05, 4.69) is 5.32 Å². The first kappa shape index (κ1) is 16.2. The third-order valence-electron chi connectivity index (χ3n) is 2.32. The lowest BCUT2D eigenvalue weighted by molar-refractivity contribution is -0.122. The molecule has 19 heavy (non-hydrogen) atoms. The number of primary amides is 1. The van der Waals surface area contributed by atoms with Crippen molar-refractivity contribution in [1.29, 1.82) is 0 Å². The molecule has 0 aliphatic rings. The van der Waals surface area contributed by atoms with E-state index in [-0.39, 0.29) is 6.61 Å². The normalized spacial score (nSPS) is 12.4. The number of hydrogen-bond acceptors (Lipinski definition) is 4. The topological polar surface area (TPSA) is 84.6 Å². The van der Waals surface area contributed by atoms with E-state index < -0.39 is 12.0 Å². The number of carbonyl (C=O) groups excluding carboxylic acids is 1. The molecule has 0 saturated carbocycles. The molecule has 1 atom stereocenters. The Morgan fingerprint density at radius 1 is 1.47 bits per heavy atom. The Hall–Kier alpha value is -0.850. The number of amides is 1. The summed E-state index contributed by atoms with van der Waals surface area (Å²) in [5.74, 6) is -0.509. The van der Waals surface area contributed by atoms with Crippen molar-refractivity contribution < 1.29 is 14.6 Å². The minimum atomic E-state index is -0.762. The van der Waals surface area contributed by atoms with Crippen molar-refractivity contribution >= 4 is 29.1 Å². The van der Waals surface area contributed by atoms with Crippen LogP contribution in [-0.2, 0) is 9.53 Å². The summed E-state index contributed by atoms with van der Waals surface area (Å²) in [6.45, 7) is 1.02. The predicted octanol–water partition coefficient (Wildman–Crippen LogP) is 1.12. The van der Waals surface area contributed by atoms with Crippen LogP contribution in [0.5, 0.6) is 0 Å². The van der Waals surface area contributed by atoms with Gasteiger partial charge < -0.3 is 20.9 Å². The summed E-state index contributed by atoms with van der Waals surface area (Å²) in [7, 11) is 0. The summed E-state index contributed by atoms with van der Waals surface area (Å²) in [6.07, 6.45) is -0.762. The van der Waals surface area contributed by atoms with Crippen molar-refractivity contribution in [2.45, 2.75) is 6.10 Å². The molecule has 0 saturated heterocycles. The van der Waals surface area contributed by atoms with E-state index in [0.29, 0.717) is 35.3 Å². The molecule has 0 spiro atoms. The number of carbonyl (C=O) groups is 1. The van der Waals surface area contributed by atoms with Gasteiger partial charge in [-0.1, -0.05) is 23.2 Å². The standard InChI is InChI=1S/C12H16Cl2N2O3/c13-8-1-2-10(14)9(5-8)11(17)6-16-3-4-19-7-12(15)18/h1-2,5,11,16-17H,3-4,6-7H2,(H2,15,18). The van der Waals surface area contributed by atoms with E-state index in [9.17, 15) is 9.90 Å². The smallest absolute Gasteiger partial charge is 0.243 e. The Morgan fingerprint density at radius 2 is 2.21 bits per heavy atom. The maximum absolute atomic E-state index is 10.4. The molecule has 0 radical (unpaired) electrons. The quantitative estimate of drug-likeness (QED) is 0.628. The van der Waals surface area contributed by atoms with Crippen LogP contribution < -0.4 is 11.1 Å². The lowest BCUT2D eigenvalue weighted by Crippen LogP contribution is -2.27. The van der Waals surface area contributed by atoms with E-state index in [1.54, 1.807) is 18.2 Å². The van der Waals surface area contributed by atoms with E-state index in [1.807, 2.05) is 0 Å². The Labute approximate surface area is 121 Å². The Bertz CT molecular complexity index is 429. The van der Waals surface area contributed by atoms with Crippen LogP contribution in [0.25, 0.3) is 0 Å². The summed E-state index contributed by atoms with van der Waals surface area (Å²) in [5.41, 5.74) is 5.48. The zero-order valence-electron chi connectivity index (χ0n) is 10.2. The molecule has 106 valence electrons. The van der Waals surface area contributed by atoms with Crippen molar-refractivity contribution in [3.63, 3.8) is 0 Å². The Kier molecular flexibility index (Phi) is 7.12. The molecule has 0 aromatic heterocycles. The average molecular weight is 307 g/mol. The maximum atomic E-state index is 10.4. The molecular formula is C12H16Cl2N2O3. The second-order valence-corrected chi connectivity index (χ2v) is 4.75. The molecule has 1 rings (SSSR count). The molecule has 0 aliphatic carbocycles. The maximum Gasteiger partial charge on any atom is 0.243 e. The van der Waals surface area contributed by atoms with E-state index >= 15 is 0 Å². The zero-order valence-corrected chi connectivity index (χ0v) is 11.7. The molecule has 0 heterocycles. The predicted molar refractivity (Wildman–Crippen MR) is 74.3 cm³/mol. The molecule has 0 aliphatic heterocycles. The lowest BCUT2D eigenvalue weighted by atomic mass is 10.1. The van der Waals surface area contributed by atoms with Gasteiger partial charge in [0.1, 0.15) is 6.61 Å². The monoisotopic (exact) mass is 306 g/mol. The lowest BCUT2D eigenvalue weighted by Gasteiger charge is -2.14. The van der Waals surface area contributed by atoms with Gasteiger partial charge in [0.05, 0.1) is 12.7 Å². The Morgan fingerprint density at radius 3 is 2.89 bits per heavy atom. The van der Waals surface area contributed by atoms with Crippen LogP contribution in [-0.4, -0.2) is 37.3 Å². The Balaban J connectivity index is 2.29. The number of hydrogen-bond donors (Lipinski definition) is 3. The first-order valence-corrected chi connectivity index (χ1v) is 6.46. The fourth-order valence-corrected chi connectivity index (χ4v) is 1.86. The van der Waals surface area contributed by atoms with Crippen LogP contribution in [0, 0.1) is 0 Å². The third-order valence-corrected chi connectivity index (χ3v) is 2.90. The van der Waals surface area contributed by atoms with Crippen molar-refractivity contribution in [2.24, 2.45) is 5.73 Å². The van der Waals surface area contributed by atoms with Crippen molar-refractivity contribution in [2.75, 3.05) is 26.3 Å². The second-order valence-electron chi connectivity index (χ2n) is 3.90. The highest BCUT2D eigenvalue weighted by Crippen LogP contribution is 2.25. The molecule has 4 N–H and O–H groups in total. The van der Waals surface area contributed by atoms with Gasteiger partial charge >= 0.3 is 0 Å². The highest BCUT2D eigenvalue weighted by Gasteiger charge is 2.11. The fraction of sp³-hybridized carbons (Fsp3) is 0.417. The largest absolute Gasteiger partial charge is 0.387 e. The number of nitrogens with two attached hydrogens (primary N) is 1. The molecule has 1 amide bonds. The van der Waals surface area contributed by atoms with Crippen molar-refractivity contribution in [3.8, 4) is 0 Å². The van der Waals surface area contributed by atoms with Gasteiger partial charge in [0.25, 0.3) is 0 Å². The summed E-state index contributed by atoms with van der Waals surface area (Å²) >= 11 is 11.8. The van der Waals surface area contributed by atoms with Crippen molar-refractivity contribution in [1.82, 2.24) is 5.32 Å². The van der Waals surface area contributed by atoms with E-state index in [0.717, 1.165) is 0 Å². The number of halogens is 2. The first-order valence-electron chi connectivity index (χ1n) is 5.70. The van der Waals surface area contributed by atoms with Gasteiger partial charge in [-0.2, -0.15) is 0 Å². The number of ether oxygens (including phenoxy) is 1. The summed E-state index contributed by atoms with van der Waals surface area (Å²) < 4.78 is 4.96. The molecule has 0 fully saturated rings. The first-order chi connectivity index (χ1) is 9.00. The highest BCUT2D eigenvalue weighted by molar-refractivity contribution is 6.33. The van der Waals surface area contributed by atoms with Crippen LogP contribution in [0.2, 0.25) is 10.0 Å². The highest BCUT2D eigenvalue weighted by atomic mass is 35.5. The van der Waals surface area contributed by atoms with Gasteiger partial charge in [-0.15, -0.1) is 0 Å². The molecule has 5 nitrogen and oxygen atoms in total. The van der Waals surface area contributed by atoms with Gasteiger partial charge in [-0.3, -0.25) is 4.79 Å². The number of benzene rings is 1. The zero-order chi connectivity index (χ0) is 14.3. The fourth-order valence-electron chi connectivity index (χ4n) is 1.44. The van der Waals surface area contributed by atoms with Crippen LogP contribution in [0.1, 0.15) is 11.7 Å². The van der Waals surface area contributed by atoms with Gasteiger partial charge in [-0.25, -0.2) is 0 Å². The summed E-state index contributed by atoms with van der Waals surface area (Å²) in [6, 6.07) is 4.92. The average Bonchev–Trinajstić information content (AvgIpc) is 2.36. The third kappa shape index (κ3) is 6.22. The molecule has 1 unspecified atom stereocenters. The second kappa shape index (κ2) is 8.35. The summed E-state index contributed by atoms with van der Waals surface area (Å²) in [4.78, 5) is 10.4. The van der Waals surface area contributed by atoms with Gasteiger partial charge in [-0.05, 0) is 18.2 Å². The van der Waals surface area contributed by atoms with Crippen molar-refractivity contribution in [3.05, 3.63) is 33.8 Å². The molecule has 1 aromatic rings. The van der Waals surface area contributed by atoms with E-state index in [4.69, 9.17) is 33.7 Å². The van der Waals surface area contributed by atoms with Crippen LogP contribution in [0.15, 0.2) is 18.2 Å². The number of aliphatic hydroxyl groups is 1. The van der Waals surface area contributed by atoms with Crippen LogP contribution >= 0.6 is 23.2 Å². The SMILES string of the molecule is NC(=O)COCCNCC(O)c1cc(Cl)ccc1Cl. The van der Waals surface area contributed by atoms with Gasteiger partial charge in [0, 0.05) is 28.7 Å².